The molecule has 0 aliphatic rings. The lowest BCUT2D eigenvalue weighted by molar-refractivity contribution is -0.384. The highest BCUT2D eigenvalue weighted by Crippen LogP contribution is 2.30. The van der Waals surface area contributed by atoms with Crippen LogP contribution in [0, 0.1) is 10.1 Å². The van der Waals surface area contributed by atoms with E-state index in [0.717, 1.165) is 29.0 Å². The fourth-order valence-electron chi connectivity index (χ4n) is 2.26. The van der Waals surface area contributed by atoms with Gasteiger partial charge in [-0.1, -0.05) is 30.3 Å². The molecule has 0 aliphatic carbocycles. The minimum absolute atomic E-state index is 0.00731. The number of nitrogens with one attached hydrogen (secondary N) is 1. The molecule has 0 bridgehead atoms. The van der Waals surface area contributed by atoms with Crippen molar-refractivity contribution in [3.05, 3.63) is 70.8 Å². The summed E-state index contributed by atoms with van der Waals surface area (Å²) in [6.45, 7) is 0. The van der Waals surface area contributed by atoms with Crippen LogP contribution in [0.3, 0.4) is 0 Å². The summed E-state index contributed by atoms with van der Waals surface area (Å²) in [5, 5.41) is 22.2. The predicted molar refractivity (Wildman–Crippen MR) is 89.5 cm³/mol. The first-order valence-corrected chi connectivity index (χ1v) is 8.34. The second kappa shape index (κ2) is 5.82. The van der Waals surface area contributed by atoms with Crippen molar-refractivity contribution in [3.63, 3.8) is 0 Å². The van der Waals surface area contributed by atoms with Crippen molar-refractivity contribution in [2.24, 2.45) is 0 Å². The summed E-state index contributed by atoms with van der Waals surface area (Å²) in [7, 11) is -4.00. The predicted octanol–water partition coefficient (Wildman–Crippen LogP) is 3.25. The summed E-state index contributed by atoms with van der Waals surface area (Å²) in [5.41, 5.74) is -0.582. The molecule has 0 saturated heterocycles. The number of anilines is 1. The van der Waals surface area contributed by atoms with Crippen LogP contribution in [0.2, 0.25) is 0 Å². The van der Waals surface area contributed by atoms with Gasteiger partial charge in [-0.05, 0) is 29.0 Å². The van der Waals surface area contributed by atoms with Crippen LogP contribution in [-0.4, -0.2) is 18.4 Å². The number of rotatable bonds is 4. The van der Waals surface area contributed by atoms with Gasteiger partial charge in [-0.2, -0.15) is 0 Å². The summed E-state index contributed by atoms with van der Waals surface area (Å²) in [6.07, 6.45) is 0. The Morgan fingerprint density at radius 3 is 2.38 bits per heavy atom. The van der Waals surface area contributed by atoms with Crippen LogP contribution in [0.4, 0.5) is 11.4 Å². The Kier molecular flexibility index (Phi) is 3.82. The van der Waals surface area contributed by atoms with E-state index in [1.165, 1.54) is 12.1 Å². The monoisotopic (exact) mass is 344 g/mol. The van der Waals surface area contributed by atoms with Gasteiger partial charge in [0.2, 0.25) is 0 Å². The minimum atomic E-state index is -4.00. The highest BCUT2D eigenvalue weighted by atomic mass is 32.2. The smallest absolute Gasteiger partial charge is 0.271 e. The van der Waals surface area contributed by atoms with Crippen LogP contribution in [-0.2, 0) is 10.0 Å². The summed E-state index contributed by atoms with van der Waals surface area (Å²) in [6, 6.07) is 15.0. The molecule has 2 N–H and O–H groups in total. The maximum Gasteiger partial charge on any atom is 0.271 e. The van der Waals surface area contributed by atoms with E-state index < -0.39 is 20.7 Å². The third-order valence-electron chi connectivity index (χ3n) is 3.47. The Balaban J connectivity index is 2.01. The zero-order chi connectivity index (χ0) is 17.3. The highest BCUT2D eigenvalue weighted by Gasteiger charge is 2.19. The molecule has 3 rings (SSSR count). The second-order valence-electron chi connectivity index (χ2n) is 5.07. The molecule has 0 radical (unpaired) electrons. The van der Waals surface area contributed by atoms with Crippen LogP contribution < -0.4 is 4.72 Å². The van der Waals surface area contributed by atoms with Crippen LogP contribution in [0.15, 0.2) is 65.6 Å². The zero-order valence-electron chi connectivity index (χ0n) is 12.2. The molecule has 0 heterocycles. The lowest BCUT2D eigenvalue weighted by Crippen LogP contribution is -2.13. The molecule has 3 aromatic rings. The number of nitro benzene ring substituents is 1. The van der Waals surface area contributed by atoms with E-state index in [4.69, 9.17) is 0 Å². The molecule has 0 fully saturated rings. The number of phenolic OH excluding ortho intramolecular Hbond substituents is 1. The topological polar surface area (TPSA) is 110 Å². The first-order valence-electron chi connectivity index (χ1n) is 6.86. The number of nitro groups is 1. The summed E-state index contributed by atoms with van der Waals surface area (Å²) >= 11 is 0. The average Bonchev–Trinajstić information content (AvgIpc) is 2.56. The number of hydrogen-bond donors (Lipinski definition) is 2. The maximum atomic E-state index is 12.5. The molecule has 3 aromatic carbocycles. The maximum absolute atomic E-state index is 12.5. The van der Waals surface area contributed by atoms with Crippen molar-refractivity contribution in [1.29, 1.82) is 0 Å². The molecule has 0 aliphatic heterocycles. The first-order chi connectivity index (χ1) is 11.4. The molecule has 24 heavy (non-hydrogen) atoms. The van der Waals surface area contributed by atoms with E-state index in [2.05, 4.69) is 4.72 Å². The Morgan fingerprint density at radius 1 is 0.958 bits per heavy atom. The highest BCUT2D eigenvalue weighted by molar-refractivity contribution is 7.92. The number of fused-ring (bicyclic) bond motifs is 1. The number of phenols is 1. The number of benzene rings is 3. The van der Waals surface area contributed by atoms with Gasteiger partial charge in [-0.25, -0.2) is 8.42 Å². The number of aromatic hydroxyl groups is 1. The molecule has 8 heteroatoms. The average molecular weight is 344 g/mol. The van der Waals surface area contributed by atoms with Gasteiger partial charge in [0.05, 0.1) is 15.5 Å². The first kappa shape index (κ1) is 15.8. The zero-order valence-corrected chi connectivity index (χ0v) is 13.0. The van der Waals surface area contributed by atoms with Gasteiger partial charge in [0.1, 0.15) is 5.75 Å². The van der Waals surface area contributed by atoms with Gasteiger partial charge in [-0.15, -0.1) is 0 Å². The van der Waals surface area contributed by atoms with Gasteiger partial charge >= 0.3 is 0 Å². The number of hydrogen-bond acceptors (Lipinski definition) is 5. The van der Waals surface area contributed by atoms with Crippen LogP contribution in [0.1, 0.15) is 0 Å². The molecule has 7 nitrogen and oxygen atoms in total. The molecular formula is C16H12N2O5S. The summed E-state index contributed by atoms with van der Waals surface area (Å²) < 4.78 is 27.2. The fraction of sp³-hybridized carbons (Fsp3) is 0. The fourth-order valence-corrected chi connectivity index (χ4v) is 3.36. The van der Waals surface area contributed by atoms with Crippen molar-refractivity contribution in [2.75, 3.05) is 4.72 Å². The molecule has 0 spiro atoms. The Morgan fingerprint density at radius 2 is 1.67 bits per heavy atom. The Hall–Kier alpha value is -3.13. The van der Waals surface area contributed by atoms with E-state index in [0.29, 0.717) is 0 Å². The van der Waals surface area contributed by atoms with Gasteiger partial charge in [0.25, 0.3) is 15.7 Å². The standard InChI is InChI=1S/C16H12N2O5S/c19-16-8-6-13(18(20)21)10-15(16)17-24(22,23)14-7-5-11-3-1-2-4-12(11)9-14/h1-10,17,19H. The van der Waals surface area contributed by atoms with E-state index >= 15 is 0 Å². The van der Waals surface area contributed by atoms with Crippen molar-refractivity contribution < 1.29 is 18.4 Å². The number of sulfonamides is 1. The van der Waals surface area contributed by atoms with Gasteiger partial charge < -0.3 is 5.11 Å². The molecular weight excluding hydrogens is 332 g/mol. The third-order valence-corrected chi connectivity index (χ3v) is 4.83. The van der Waals surface area contributed by atoms with Crippen molar-refractivity contribution in [2.45, 2.75) is 4.90 Å². The van der Waals surface area contributed by atoms with Crippen LogP contribution in [0.5, 0.6) is 5.75 Å². The molecule has 122 valence electrons. The van der Waals surface area contributed by atoms with Crippen molar-refractivity contribution in [1.82, 2.24) is 0 Å². The summed E-state index contributed by atoms with van der Waals surface area (Å²) in [4.78, 5) is 10.1. The van der Waals surface area contributed by atoms with E-state index in [1.54, 1.807) is 18.2 Å². The van der Waals surface area contributed by atoms with E-state index in [9.17, 15) is 23.6 Å². The molecule has 0 unspecified atom stereocenters. The molecule has 0 atom stereocenters. The van der Waals surface area contributed by atoms with Crippen LogP contribution in [0.25, 0.3) is 10.8 Å². The molecule has 0 saturated carbocycles. The van der Waals surface area contributed by atoms with Gasteiger partial charge in [0, 0.05) is 12.1 Å². The molecule has 0 amide bonds. The lowest BCUT2D eigenvalue weighted by atomic mass is 10.1. The van der Waals surface area contributed by atoms with Crippen molar-refractivity contribution in [3.8, 4) is 5.75 Å². The van der Waals surface area contributed by atoms with Gasteiger partial charge in [-0.3, -0.25) is 14.8 Å². The summed E-state index contributed by atoms with van der Waals surface area (Å²) in [5.74, 6) is -0.398. The Labute approximate surface area is 137 Å². The second-order valence-corrected chi connectivity index (χ2v) is 6.76. The quantitative estimate of drug-likeness (QED) is 0.429. The molecule has 0 aromatic heterocycles. The largest absolute Gasteiger partial charge is 0.506 e. The number of nitrogens with zero attached hydrogens (tertiary/aromatic N) is 1. The van der Waals surface area contributed by atoms with Crippen molar-refractivity contribution >= 4 is 32.2 Å². The Bertz CT molecular complexity index is 1050. The minimum Gasteiger partial charge on any atom is -0.506 e. The SMILES string of the molecule is O=[N+]([O-])c1ccc(O)c(NS(=O)(=O)c2ccc3ccccc3c2)c1. The van der Waals surface area contributed by atoms with Gasteiger partial charge in [0.15, 0.2) is 0 Å². The van der Waals surface area contributed by atoms with E-state index in [1.807, 2.05) is 12.1 Å². The number of non-ortho nitro benzene ring substituents is 1. The van der Waals surface area contributed by atoms with Crippen LogP contribution >= 0.6 is 0 Å². The van der Waals surface area contributed by atoms with E-state index in [-0.39, 0.29) is 16.3 Å². The lowest BCUT2D eigenvalue weighted by Gasteiger charge is -2.10. The third kappa shape index (κ3) is 2.99. The normalized spacial score (nSPS) is 11.3.